The summed E-state index contributed by atoms with van der Waals surface area (Å²) in [5, 5.41) is 15.3. The molecule has 2 amide bonds. The van der Waals surface area contributed by atoms with E-state index in [1.807, 2.05) is 64.9 Å². The van der Waals surface area contributed by atoms with E-state index in [1.54, 1.807) is 18.2 Å². The topological polar surface area (TPSA) is 88.1 Å². The number of hydrogen-bond donors (Lipinski definition) is 2. The Morgan fingerprint density at radius 3 is 2.65 bits per heavy atom. The maximum absolute atomic E-state index is 13.6. The number of ether oxygens (including phenoxy) is 2. The summed E-state index contributed by atoms with van der Waals surface area (Å²) in [7, 11) is 0. The third-order valence-corrected chi connectivity index (χ3v) is 8.19. The molecule has 1 aromatic heterocycles. The lowest BCUT2D eigenvalue weighted by Gasteiger charge is -2.38. The van der Waals surface area contributed by atoms with Crippen molar-refractivity contribution >= 4 is 23.2 Å². The average molecular weight is 555 g/mol. The standard InChI is InChI=1S/C32H30N2O5S/c35-27-12-4-21-5-13-30(36)33-15-2-17-38-24-8-6-22(7-9-24)31-26-11-10-25(39-28(27)19-21)20-23(26)14-16-34(31)32(37)29-3-1-18-40-29/h1,3-4,6-12,18-20,31,35H,2,5,13-17H2,(H,33,36). The number of nitrogens with zero attached hydrogens (tertiary/aromatic N) is 1. The number of fused-ring (bicyclic) bond motifs is 1. The molecule has 5 heterocycles. The predicted octanol–water partition coefficient (Wildman–Crippen LogP) is 5.87. The van der Waals surface area contributed by atoms with Gasteiger partial charge in [0, 0.05) is 19.5 Å². The van der Waals surface area contributed by atoms with E-state index >= 15 is 0 Å². The molecule has 4 aromatic rings. The second-order valence-corrected chi connectivity index (χ2v) is 11.0. The quantitative estimate of drug-likeness (QED) is 0.308. The first-order valence-corrected chi connectivity index (χ1v) is 14.4. The minimum absolute atomic E-state index is 0.0145. The molecule has 204 valence electrons. The van der Waals surface area contributed by atoms with Gasteiger partial charge in [0.15, 0.2) is 11.5 Å². The maximum atomic E-state index is 13.6. The molecule has 0 saturated carbocycles. The van der Waals surface area contributed by atoms with Crippen LogP contribution in [0.25, 0.3) is 0 Å². The molecule has 0 saturated heterocycles. The van der Waals surface area contributed by atoms with Crippen molar-refractivity contribution in [3.63, 3.8) is 0 Å². The molecule has 8 bridgehead atoms. The van der Waals surface area contributed by atoms with E-state index in [0.717, 1.165) is 28.0 Å². The van der Waals surface area contributed by atoms with Gasteiger partial charge in [-0.2, -0.15) is 0 Å². The van der Waals surface area contributed by atoms with Gasteiger partial charge in [0.1, 0.15) is 11.5 Å². The molecule has 4 aliphatic rings. The molecule has 1 atom stereocenters. The van der Waals surface area contributed by atoms with Crippen molar-refractivity contribution in [1.82, 2.24) is 10.2 Å². The van der Waals surface area contributed by atoms with Crippen molar-refractivity contribution in [2.24, 2.45) is 0 Å². The minimum Gasteiger partial charge on any atom is -0.504 e. The number of thiophene rings is 1. The van der Waals surface area contributed by atoms with Gasteiger partial charge in [0.05, 0.1) is 17.5 Å². The first kappa shape index (κ1) is 26.0. The summed E-state index contributed by atoms with van der Waals surface area (Å²) in [6, 6.07) is 22.5. The number of aromatic hydroxyl groups is 1. The van der Waals surface area contributed by atoms with E-state index < -0.39 is 0 Å². The van der Waals surface area contributed by atoms with Crippen LogP contribution in [0, 0.1) is 0 Å². The Labute approximate surface area is 237 Å². The van der Waals surface area contributed by atoms with E-state index in [0.29, 0.717) is 61.8 Å². The fraction of sp³-hybridized carbons (Fsp3) is 0.250. The molecular formula is C32H30N2O5S. The highest BCUT2D eigenvalue weighted by Crippen LogP contribution is 2.40. The van der Waals surface area contributed by atoms with Crippen molar-refractivity contribution in [2.45, 2.75) is 31.7 Å². The molecule has 4 aliphatic heterocycles. The Morgan fingerprint density at radius 1 is 0.975 bits per heavy atom. The molecule has 2 N–H and O–H groups in total. The molecule has 7 nitrogen and oxygen atoms in total. The molecule has 0 fully saturated rings. The molecule has 8 heteroatoms. The number of phenols is 1. The Morgan fingerprint density at radius 2 is 1.82 bits per heavy atom. The fourth-order valence-corrected chi connectivity index (χ4v) is 5.97. The molecule has 0 radical (unpaired) electrons. The normalized spacial score (nSPS) is 17.4. The number of rotatable bonds is 1. The SMILES string of the molecule is O=C1CCc2ccc(O)c(c2)Oc2ccc3c(c2)CCN(C(=O)c2cccs2)C3c2ccc(cc2)OCCCN1. The first-order valence-electron chi connectivity index (χ1n) is 13.5. The minimum atomic E-state index is -0.262. The summed E-state index contributed by atoms with van der Waals surface area (Å²) in [5.74, 6) is 1.72. The van der Waals surface area contributed by atoms with E-state index in [-0.39, 0.29) is 23.6 Å². The monoisotopic (exact) mass is 554 g/mol. The molecule has 0 spiro atoms. The fourth-order valence-electron chi connectivity index (χ4n) is 5.29. The summed E-state index contributed by atoms with van der Waals surface area (Å²) in [4.78, 5) is 28.6. The van der Waals surface area contributed by atoms with Crippen LogP contribution < -0.4 is 14.8 Å². The van der Waals surface area contributed by atoms with Crippen molar-refractivity contribution < 1.29 is 24.2 Å². The van der Waals surface area contributed by atoms with Gasteiger partial charge < -0.3 is 24.8 Å². The molecular weight excluding hydrogens is 524 g/mol. The molecule has 1 unspecified atom stereocenters. The zero-order chi connectivity index (χ0) is 27.5. The van der Waals surface area contributed by atoms with Gasteiger partial charge >= 0.3 is 0 Å². The van der Waals surface area contributed by atoms with Crippen molar-refractivity contribution in [2.75, 3.05) is 19.7 Å². The lowest BCUT2D eigenvalue weighted by molar-refractivity contribution is -0.121. The first-order chi connectivity index (χ1) is 19.5. The highest BCUT2D eigenvalue weighted by atomic mass is 32.1. The van der Waals surface area contributed by atoms with E-state index in [9.17, 15) is 14.7 Å². The second-order valence-electron chi connectivity index (χ2n) is 10.0. The highest BCUT2D eigenvalue weighted by molar-refractivity contribution is 7.12. The van der Waals surface area contributed by atoms with Crippen LogP contribution in [0.2, 0.25) is 0 Å². The van der Waals surface area contributed by atoms with Gasteiger partial charge in [-0.15, -0.1) is 11.3 Å². The number of benzene rings is 3. The van der Waals surface area contributed by atoms with Crippen molar-refractivity contribution in [3.05, 3.63) is 105 Å². The van der Waals surface area contributed by atoms with Crippen LogP contribution in [0.15, 0.2) is 78.2 Å². The Kier molecular flexibility index (Phi) is 7.42. The van der Waals surface area contributed by atoms with Gasteiger partial charge in [-0.1, -0.05) is 30.3 Å². The summed E-state index contributed by atoms with van der Waals surface area (Å²) >= 11 is 1.45. The number of carbonyl (C=O) groups is 2. The Hall–Kier alpha value is -4.30. The smallest absolute Gasteiger partial charge is 0.264 e. The number of amides is 2. The Balaban J connectivity index is 1.38. The summed E-state index contributed by atoms with van der Waals surface area (Å²) < 4.78 is 12.1. The molecule has 0 aliphatic carbocycles. The van der Waals surface area contributed by atoms with Crippen LogP contribution in [0.5, 0.6) is 23.0 Å². The van der Waals surface area contributed by atoms with E-state index in [2.05, 4.69) is 5.32 Å². The molecule has 3 aromatic carbocycles. The van der Waals surface area contributed by atoms with Gasteiger partial charge in [-0.25, -0.2) is 0 Å². The van der Waals surface area contributed by atoms with Crippen LogP contribution in [-0.2, 0) is 17.6 Å². The lowest BCUT2D eigenvalue weighted by Crippen LogP contribution is -2.40. The third kappa shape index (κ3) is 5.53. The van der Waals surface area contributed by atoms with E-state index in [1.165, 1.54) is 11.3 Å². The number of nitrogens with one attached hydrogen (secondary N) is 1. The lowest BCUT2D eigenvalue weighted by atomic mass is 9.87. The molecule has 8 rings (SSSR count). The maximum Gasteiger partial charge on any atom is 0.264 e. The number of aryl methyl sites for hydroxylation is 1. The summed E-state index contributed by atoms with van der Waals surface area (Å²) in [5.41, 5.74) is 4.04. The number of phenolic OH excluding ortho intramolecular Hbond substituents is 1. The van der Waals surface area contributed by atoms with Gasteiger partial charge in [0.2, 0.25) is 5.91 Å². The summed E-state index contributed by atoms with van der Waals surface area (Å²) in [6.45, 7) is 1.58. The van der Waals surface area contributed by atoms with Gasteiger partial charge in [-0.3, -0.25) is 9.59 Å². The van der Waals surface area contributed by atoms with Crippen LogP contribution in [0.4, 0.5) is 0 Å². The van der Waals surface area contributed by atoms with Crippen LogP contribution in [0.1, 0.15) is 50.8 Å². The number of carbonyl (C=O) groups excluding carboxylic acids is 2. The van der Waals surface area contributed by atoms with Crippen LogP contribution in [0.3, 0.4) is 0 Å². The average Bonchev–Trinajstić information content (AvgIpc) is 3.52. The van der Waals surface area contributed by atoms with Crippen molar-refractivity contribution in [1.29, 1.82) is 0 Å². The van der Waals surface area contributed by atoms with Crippen LogP contribution >= 0.6 is 11.3 Å². The molecule has 40 heavy (non-hydrogen) atoms. The number of hydrogen-bond acceptors (Lipinski definition) is 6. The van der Waals surface area contributed by atoms with E-state index in [4.69, 9.17) is 9.47 Å². The zero-order valence-electron chi connectivity index (χ0n) is 22.0. The summed E-state index contributed by atoms with van der Waals surface area (Å²) in [6.07, 6.45) is 2.24. The van der Waals surface area contributed by atoms with Gasteiger partial charge in [-0.05, 0) is 89.4 Å². The Bertz CT molecular complexity index is 1520. The van der Waals surface area contributed by atoms with Crippen molar-refractivity contribution in [3.8, 4) is 23.0 Å². The largest absolute Gasteiger partial charge is 0.504 e. The highest BCUT2D eigenvalue weighted by Gasteiger charge is 2.33. The third-order valence-electron chi connectivity index (χ3n) is 7.34. The zero-order valence-corrected chi connectivity index (χ0v) is 22.8. The second kappa shape index (κ2) is 11.4. The van der Waals surface area contributed by atoms with Gasteiger partial charge in [0.25, 0.3) is 5.91 Å². The van der Waals surface area contributed by atoms with Crippen LogP contribution in [-0.4, -0.2) is 41.5 Å². The predicted molar refractivity (Wildman–Crippen MR) is 153 cm³/mol.